The van der Waals surface area contributed by atoms with Crippen molar-refractivity contribution in [3.05, 3.63) is 179 Å². The van der Waals surface area contributed by atoms with E-state index in [4.69, 9.17) is 4.74 Å². The van der Waals surface area contributed by atoms with Crippen LogP contribution in [0.5, 0.6) is 11.5 Å². The zero-order valence-corrected chi connectivity index (χ0v) is 25.3. The molecule has 0 fully saturated rings. The second kappa shape index (κ2) is 8.61. The van der Waals surface area contributed by atoms with E-state index in [2.05, 4.69) is 159 Å². The average Bonchev–Trinajstić information content (AvgIpc) is 3.51. The van der Waals surface area contributed by atoms with Crippen LogP contribution in [0.25, 0.3) is 44.2 Å². The first-order valence-corrected chi connectivity index (χ1v) is 15.9. The van der Waals surface area contributed by atoms with Crippen LogP contribution >= 0.6 is 0 Å². The Bertz CT molecular complexity index is 2340. The van der Waals surface area contributed by atoms with Gasteiger partial charge in [-0.25, -0.2) is 0 Å². The van der Waals surface area contributed by atoms with Crippen molar-refractivity contribution in [3.63, 3.8) is 0 Å². The van der Waals surface area contributed by atoms with Crippen LogP contribution in [0.3, 0.4) is 0 Å². The first-order valence-electron chi connectivity index (χ1n) is 15.9. The highest BCUT2D eigenvalue weighted by Crippen LogP contribution is 2.62. The van der Waals surface area contributed by atoms with Gasteiger partial charge in [0.15, 0.2) is 0 Å². The summed E-state index contributed by atoms with van der Waals surface area (Å²) in [6.45, 7) is 4.73. The Morgan fingerprint density at radius 3 is 1.82 bits per heavy atom. The van der Waals surface area contributed by atoms with Crippen LogP contribution in [0.2, 0.25) is 0 Å². The van der Waals surface area contributed by atoms with Crippen LogP contribution < -0.4 is 4.74 Å². The summed E-state index contributed by atoms with van der Waals surface area (Å²) in [4.78, 5) is 0. The minimum absolute atomic E-state index is 0.0876. The fourth-order valence-corrected chi connectivity index (χ4v) is 8.73. The Morgan fingerprint density at radius 2 is 1.02 bits per heavy atom. The van der Waals surface area contributed by atoms with Crippen LogP contribution in [0.1, 0.15) is 47.2 Å². The van der Waals surface area contributed by atoms with Gasteiger partial charge >= 0.3 is 0 Å². The summed E-state index contributed by atoms with van der Waals surface area (Å²) >= 11 is 0. The van der Waals surface area contributed by atoms with Crippen LogP contribution in [0.4, 0.5) is 0 Å². The van der Waals surface area contributed by atoms with Gasteiger partial charge in [0.05, 0.1) is 5.41 Å². The van der Waals surface area contributed by atoms with Crippen LogP contribution in [0.15, 0.2) is 146 Å². The monoisotopic (exact) mass is 574 g/mol. The molecule has 1 heteroatoms. The maximum atomic E-state index is 6.79. The summed E-state index contributed by atoms with van der Waals surface area (Å²) in [5.41, 5.74) is 15.0. The van der Waals surface area contributed by atoms with Crippen molar-refractivity contribution in [1.82, 2.24) is 0 Å². The SMILES string of the molecule is CC1(C)c2cc(-c3ccc4c(c3)Oc3ccccc3C43c4ccccc4-c4ccccc43)ccc2-c2c1ccc1ccccc21. The fraction of sp³-hybridized carbons (Fsp3) is 0.0909. The Hall–Kier alpha value is -5.40. The van der Waals surface area contributed by atoms with Crippen molar-refractivity contribution in [1.29, 1.82) is 0 Å². The first kappa shape index (κ1) is 25.0. The quantitative estimate of drug-likeness (QED) is 0.189. The van der Waals surface area contributed by atoms with Crippen molar-refractivity contribution in [2.75, 3.05) is 0 Å². The topological polar surface area (TPSA) is 9.23 Å². The Kier molecular flexibility index (Phi) is 4.78. The fourth-order valence-electron chi connectivity index (χ4n) is 8.73. The summed E-state index contributed by atoms with van der Waals surface area (Å²) in [5, 5.41) is 2.62. The normalized spacial score (nSPS) is 15.4. The highest BCUT2D eigenvalue weighted by Gasteiger charge is 2.51. The summed E-state index contributed by atoms with van der Waals surface area (Å²) in [6, 6.07) is 53.7. The zero-order valence-electron chi connectivity index (χ0n) is 25.3. The largest absolute Gasteiger partial charge is 0.457 e. The van der Waals surface area contributed by atoms with Crippen molar-refractivity contribution >= 4 is 10.8 Å². The van der Waals surface area contributed by atoms with E-state index in [0.29, 0.717) is 0 Å². The molecule has 3 aliphatic rings. The third-order valence-electron chi connectivity index (χ3n) is 10.7. The molecule has 0 unspecified atom stereocenters. The molecule has 0 saturated heterocycles. The lowest BCUT2D eigenvalue weighted by Gasteiger charge is -2.39. The molecule has 1 nitrogen and oxygen atoms in total. The average molecular weight is 575 g/mol. The van der Waals surface area contributed by atoms with Gasteiger partial charge in [-0.05, 0) is 84.6 Å². The summed E-state index contributed by atoms with van der Waals surface area (Å²) in [6.07, 6.45) is 0. The number of ether oxygens (including phenoxy) is 1. The van der Waals surface area contributed by atoms with Crippen LogP contribution in [0, 0.1) is 0 Å². The van der Waals surface area contributed by atoms with Crippen LogP contribution in [-0.2, 0) is 10.8 Å². The van der Waals surface area contributed by atoms with Gasteiger partial charge in [-0.3, -0.25) is 0 Å². The molecular formula is C44H30O. The molecule has 1 aliphatic heterocycles. The van der Waals surface area contributed by atoms with Gasteiger partial charge in [0.25, 0.3) is 0 Å². The minimum atomic E-state index is -0.432. The van der Waals surface area contributed by atoms with E-state index in [1.54, 1.807) is 0 Å². The molecule has 0 aromatic heterocycles. The van der Waals surface area contributed by atoms with Crippen molar-refractivity contribution < 1.29 is 4.74 Å². The predicted molar refractivity (Wildman–Crippen MR) is 184 cm³/mol. The summed E-state index contributed by atoms with van der Waals surface area (Å²) in [7, 11) is 0. The lowest BCUT2D eigenvalue weighted by molar-refractivity contribution is 0.436. The van der Waals surface area contributed by atoms with E-state index >= 15 is 0 Å². The summed E-state index contributed by atoms with van der Waals surface area (Å²) in [5.74, 6) is 1.85. The minimum Gasteiger partial charge on any atom is -0.457 e. The molecule has 7 aromatic carbocycles. The maximum absolute atomic E-state index is 6.79. The van der Waals surface area contributed by atoms with Gasteiger partial charge in [0, 0.05) is 16.5 Å². The number of hydrogen-bond donors (Lipinski definition) is 0. The third-order valence-corrected chi connectivity index (χ3v) is 10.7. The number of para-hydroxylation sites is 1. The van der Waals surface area contributed by atoms with Gasteiger partial charge in [-0.15, -0.1) is 0 Å². The molecule has 2 aliphatic carbocycles. The number of benzene rings is 7. The molecule has 1 spiro atoms. The van der Waals surface area contributed by atoms with E-state index in [0.717, 1.165) is 11.5 Å². The van der Waals surface area contributed by atoms with Crippen LogP contribution in [-0.4, -0.2) is 0 Å². The van der Waals surface area contributed by atoms with E-state index in [1.807, 2.05) is 0 Å². The van der Waals surface area contributed by atoms with Gasteiger partial charge in [-0.2, -0.15) is 0 Å². The number of fused-ring (bicyclic) bond motifs is 14. The molecule has 212 valence electrons. The van der Waals surface area contributed by atoms with Crippen molar-refractivity contribution in [2.45, 2.75) is 24.7 Å². The van der Waals surface area contributed by atoms with E-state index < -0.39 is 5.41 Å². The van der Waals surface area contributed by atoms with Gasteiger partial charge < -0.3 is 4.74 Å². The third kappa shape index (κ3) is 3.08. The lowest BCUT2D eigenvalue weighted by Crippen LogP contribution is -2.32. The van der Waals surface area contributed by atoms with E-state index in [-0.39, 0.29) is 5.41 Å². The van der Waals surface area contributed by atoms with E-state index in [9.17, 15) is 0 Å². The molecule has 1 heterocycles. The Balaban J connectivity index is 1.18. The standard InChI is InChI=1S/C44H30O/c1-43(2)38-24-20-27-11-3-4-12-30(27)42(38)33-22-19-28(25-39(33)43)29-21-23-37-41(26-29)45-40-18-10-9-17-36(40)44(37)34-15-7-5-13-31(34)32-14-6-8-16-35(32)44/h3-26H,1-2H3. The van der Waals surface area contributed by atoms with Gasteiger partial charge in [0.2, 0.25) is 0 Å². The van der Waals surface area contributed by atoms with Crippen molar-refractivity contribution in [2.24, 2.45) is 0 Å². The molecular weight excluding hydrogens is 544 g/mol. The first-order chi connectivity index (χ1) is 22.1. The zero-order chi connectivity index (χ0) is 29.9. The molecule has 0 radical (unpaired) electrons. The molecule has 7 aromatic rings. The molecule has 0 atom stereocenters. The van der Waals surface area contributed by atoms with Gasteiger partial charge in [-0.1, -0.05) is 141 Å². The number of rotatable bonds is 1. The lowest BCUT2D eigenvalue weighted by atomic mass is 9.66. The van der Waals surface area contributed by atoms with Gasteiger partial charge in [0.1, 0.15) is 11.5 Å². The summed E-state index contributed by atoms with van der Waals surface area (Å²) < 4.78 is 6.79. The predicted octanol–water partition coefficient (Wildman–Crippen LogP) is 11.3. The molecule has 45 heavy (non-hydrogen) atoms. The Labute approximate surface area is 263 Å². The highest BCUT2D eigenvalue weighted by atomic mass is 16.5. The molecule has 0 saturated carbocycles. The highest BCUT2D eigenvalue weighted by molar-refractivity contribution is 6.03. The maximum Gasteiger partial charge on any atom is 0.132 e. The smallest absolute Gasteiger partial charge is 0.132 e. The molecule has 10 rings (SSSR count). The Morgan fingerprint density at radius 1 is 0.422 bits per heavy atom. The second-order valence-electron chi connectivity index (χ2n) is 13.2. The molecule has 0 amide bonds. The molecule has 0 N–H and O–H groups in total. The van der Waals surface area contributed by atoms with Crippen molar-refractivity contribution in [3.8, 4) is 44.9 Å². The van der Waals surface area contributed by atoms with E-state index in [1.165, 1.54) is 77.5 Å². The number of hydrogen-bond acceptors (Lipinski definition) is 1. The molecule has 0 bridgehead atoms. The second-order valence-corrected chi connectivity index (χ2v) is 13.2.